The lowest BCUT2D eigenvalue weighted by Crippen LogP contribution is -2.21. The molecule has 0 bridgehead atoms. The number of nitrogens with one attached hydrogen (secondary N) is 1. The highest BCUT2D eigenvalue weighted by molar-refractivity contribution is 4.99. The van der Waals surface area contributed by atoms with Gasteiger partial charge in [0.1, 0.15) is 0 Å². The second-order valence-corrected chi connectivity index (χ2v) is 5.57. The molecular formula is C14H23N3O. The van der Waals surface area contributed by atoms with Crippen LogP contribution in [0.25, 0.3) is 0 Å². The summed E-state index contributed by atoms with van der Waals surface area (Å²) in [6.45, 7) is 0.718. The fourth-order valence-electron chi connectivity index (χ4n) is 3.08. The molecule has 2 aliphatic rings. The van der Waals surface area contributed by atoms with Crippen LogP contribution in [0.15, 0.2) is 12.3 Å². The van der Waals surface area contributed by atoms with Crippen LogP contribution in [0.1, 0.15) is 63.1 Å². The van der Waals surface area contributed by atoms with Gasteiger partial charge in [-0.1, -0.05) is 25.7 Å². The van der Waals surface area contributed by atoms with Gasteiger partial charge >= 0.3 is 0 Å². The van der Waals surface area contributed by atoms with Crippen molar-refractivity contribution in [1.82, 2.24) is 15.3 Å². The zero-order valence-corrected chi connectivity index (χ0v) is 11.0. The summed E-state index contributed by atoms with van der Waals surface area (Å²) in [5, 5.41) is 4.63. The highest BCUT2D eigenvalue weighted by Gasteiger charge is 2.18. The van der Waals surface area contributed by atoms with Crippen molar-refractivity contribution in [3.8, 4) is 0 Å². The van der Waals surface area contributed by atoms with Crippen LogP contribution >= 0.6 is 0 Å². The number of rotatable bonds is 5. The number of aromatic nitrogens is 2. The Morgan fingerprint density at radius 3 is 2.67 bits per heavy atom. The van der Waals surface area contributed by atoms with E-state index >= 15 is 0 Å². The molecule has 0 spiro atoms. The SMILES string of the molecule is c1cn(C2CCCC2)nc1CNOC1CCCC1. The molecule has 2 fully saturated rings. The van der Waals surface area contributed by atoms with Gasteiger partial charge < -0.3 is 0 Å². The summed E-state index contributed by atoms with van der Waals surface area (Å²) in [6.07, 6.45) is 12.8. The van der Waals surface area contributed by atoms with Crippen molar-refractivity contribution in [2.45, 2.75) is 70.1 Å². The fourth-order valence-corrected chi connectivity index (χ4v) is 3.08. The Kier molecular flexibility index (Phi) is 3.96. The molecule has 100 valence electrons. The Morgan fingerprint density at radius 2 is 1.89 bits per heavy atom. The summed E-state index contributed by atoms with van der Waals surface area (Å²) in [7, 11) is 0. The lowest BCUT2D eigenvalue weighted by atomic mass is 10.3. The first-order valence-corrected chi connectivity index (χ1v) is 7.34. The first kappa shape index (κ1) is 12.2. The molecular weight excluding hydrogens is 226 g/mol. The van der Waals surface area contributed by atoms with E-state index in [1.807, 2.05) is 0 Å². The van der Waals surface area contributed by atoms with E-state index in [9.17, 15) is 0 Å². The van der Waals surface area contributed by atoms with E-state index in [0.717, 1.165) is 12.2 Å². The number of hydrogen-bond donors (Lipinski definition) is 1. The third kappa shape index (κ3) is 2.93. The van der Waals surface area contributed by atoms with Gasteiger partial charge in [-0.05, 0) is 31.7 Å². The van der Waals surface area contributed by atoms with Crippen molar-refractivity contribution >= 4 is 0 Å². The molecule has 0 aliphatic heterocycles. The zero-order valence-electron chi connectivity index (χ0n) is 11.0. The van der Waals surface area contributed by atoms with Crippen molar-refractivity contribution in [3.05, 3.63) is 18.0 Å². The molecule has 0 unspecified atom stereocenters. The normalized spacial score (nSPS) is 22.0. The molecule has 2 aliphatic carbocycles. The number of nitrogens with zero attached hydrogens (tertiary/aromatic N) is 2. The predicted octanol–water partition coefficient (Wildman–Crippen LogP) is 2.96. The molecule has 18 heavy (non-hydrogen) atoms. The minimum Gasteiger partial charge on any atom is -0.298 e. The zero-order chi connectivity index (χ0) is 12.2. The number of hydroxylamine groups is 1. The molecule has 1 heterocycles. The number of hydrogen-bond acceptors (Lipinski definition) is 3. The van der Waals surface area contributed by atoms with Crippen molar-refractivity contribution < 1.29 is 4.84 Å². The standard InChI is InChI=1S/C14H23N3O/c1-2-6-13(5-1)17-10-9-12(16-17)11-15-18-14-7-3-4-8-14/h9-10,13-15H,1-8,11H2. The summed E-state index contributed by atoms with van der Waals surface area (Å²) in [5.41, 5.74) is 4.15. The minimum atomic E-state index is 0.418. The molecule has 0 amide bonds. The first-order chi connectivity index (χ1) is 8.92. The lowest BCUT2D eigenvalue weighted by Gasteiger charge is -2.11. The molecule has 3 rings (SSSR count). The molecule has 1 aromatic rings. The quantitative estimate of drug-likeness (QED) is 0.815. The highest BCUT2D eigenvalue weighted by atomic mass is 16.7. The topological polar surface area (TPSA) is 39.1 Å². The van der Waals surface area contributed by atoms with Crippen molar-refractivity contribution in [2.24, 2.45) is 0 Å². The lowest BCUT2D eigenvalue weighted by molar-refractivity contribution is -0.0249. The van der Waals surface area contributed by atoms with E-state index in [0.29, 0.717) is 12.1 Å². The maximum Gasteiger partial charge on any atom is 0.0790 e. The maximum absolute atomic E-state index is 5.64. The van der Waals surface area contributed by atoms with Crippen LogP contribution in [0.4, 0.5) is 0 Å². The van der Waals surface area contributed by atoms with Crippen molar-refractivity contribution in [1.29, 1.82) is 0 Å². The van der Waals surface area contributed by atoms with E-state index in [-0.39, 0.29) is 0 Å². The first-order valence-electron chi connectivity index (χ1n) is 7.34. The molecule has 0 radical (unpaired) electrons. The van der Waals surface area contributed by atoms with Crippen molar-refractivity contribution in [3.63, 3.8) is 0 Å². The fraction of sp³-hybridized carbons (Fsp3) is 0.786. The van der Waals surface area contributed by atoms with Crippen LogP contribution in [0.5, 0.6) is 0 Å². The van der Waals surface area contributed by atoms with E-state index in [1.54, 1.807) is 0 Å². The van der Waals surface area contributed by atoms with Gasteiger partial charge in [0.2, 0.25) is 0 Å². The highest BCUT2D eigenvalue weighted by Crippen LogP contribution is 2.28. The molecule has 0 atom stereocenters. The van der Waals surface area contributed by atoms with Crippen LogP contribution in [0, 0.1) is 0 Å². The Balaban J connectivity index is 1.44. The molecule has 1 N–H and O–H groups in total. The third-order valence-corrected chi connectivity index (χ3v) is 4.17. The monoisotopic (exact) mass is 249 g/mol. The van der Waals surface area contributed by atoms with Crippen LogP contribution in [-0.4, -0.2) is 15.9 Å². The Bertz CT molecular complexity index is 365. The van der Waals surface area contributed by atoms with Gasteiger partial charge in [-0.2, -0.15) is 10.6 Å². The van der Waals surface area contributed by atoms with Crippen LogP contribution in [0.2, 0.25) is 0 Å². The Labute approximate surface area is 109 Å². The average Bonchev–Trinajstić information content (AvgIpc) is 3.12. The van der Waals surface area contributed by atoms with Gasteiger partial charge in [-0.25, -0.2) is 0 Å². The second kappa shape index (κ2) is 5.85. The van der Waals surface area contributed by atoms with Crippen molar-refractivity contribution in [2.75, 3.05) is 0 Å². The van der Waals surface area contributed by atoms with Gasteiger partial charge in [0.05, 0.1) is 24.4 Å². The molecule has 4 heteroatoms. The van der Waals surface area contributed by atoms with E-state index in [1.165, 1.54) is 51.4 Å². The van der Waals surface area contributed by atoms with Crippen LogP contribution < -0.4 is 5.48 Å². The molecule has 4 nitrogen and oxygen atoms in total. The van der Waals surface area contributed by atoms with Gasteiger partial charge in [0.25, 0.3) is 0 Å². The van der Waals surface area contributed by atoms with Gasteiger partial charge in [0, 0.05) is 6.20 Å². The Morgan fingerprint density at radius 1 is 1.17 bits per heavy atom. The minimum absolute atomic E-state index is 0.418. The van der Waals surface area contributed by atoms with Crippen LogP contribution in [0.3, 0.4) is 0 Å². The Hall–Kier alpha value is -0.870. The summed E-state index contributed by atoms with van der Waals surface area (Å²) in [5.74, 6) is 0. The van der Waals surface area contributed by atoms with Gasteiger partial charge in [-0.3, -0.25) is 9.52 Å². The molecule has 0 saturated heterocycles. The second-order valence-electron chi connectivity index (χ2n) is 5.57. The maximum atomic E-state index is 5.64. The van der Waals surface area contributed by atoms with Gasteiger partial charge in [0.15, 0.2) is 0 Å². The summed E-state index contributed by atoms with van der Waals surface area (Å²) in [4.78, 5) is 5.64. The summed E-state index contributed by atoms with van der Waals surface area (Å²) >= 11 is 0. The third-order valence-electron chi connectivity index (χ3n) is 4.17. The summed E-state index contributed by atoms with van der Waals surface area (Å²) < 4.78 is 2.14. The molecule has 0 aromatic carbocycles. The summed E-state index contributed by atoms with van der Waals surface area (Å²) in [6, 6.07) is 2.73. The largest absolute Gasteiger partial charge is 0.298 e. The van der Waals surface area contributed by atoms with Gasteiger partial charge in [-0.15, -0.1) is 0 Å². The predicted molar refractivity (Wildman–Crippen MR) is 69.9 cm³/mol. The van der Waals surface area contributed by atoms with E-state index in [2.05, 4.69) is 27.5 Å². The molecule has 2 saturated carbocycles. The van der Waals surface area contributed by atoms with E-state index in [4.69, 9.17) is 4.84 Å². The smallest absolute Gasteiger partial charge is 0.0790 e. The average molecular weight is 249 g/mol. The van der Waals surface area contributed by atoms with Crippen LogP contribution in [-0.2, 0) is 11.4 Å². The molecule has 1 aromatic heterocycles. The van der Waals surface area contributed by atoms with E-state index < -0.39 is 0 Å².